The van der Waals surface area contributed by atoms with Crippen molar-refractivity contribution in [3.8, 4) is 0 Å². The van der Waals surface area contributed by atoms with Gasteiger partial charge in [0, 0.05) is 19.4 Å². The summed E-state index contributed by atoms with van der Waals surface area (Å²) in [6.45, 7) is 3.19. The lowest BCUT2D eigenvalue weighted by Crippen LogP contribution is -2.39. The zero-order chi connectivity index (χ0) is 13.7. The van der Waals surface area contributed by atoms with Gasteiger partial charge in [-0.2, -0.15) is 0 Å². The molecule has 1 saturated heterocycles. The molecule has 0 aromatic carbocycles. The van der Waals surface area contributed by atoms with Crippen LogP contribution in [0.4, 0.5) is 0 Å². The number of ether oxygens (including phenoxy) is 1. The van der Waals surface area contributed by atoms with E-state index in [0.29, 0.717) is 31.3 Å². The van der Waals surface area contributed by atoms with Gasteiger partial charge < -0.3 is 10.1 Å². The van der Waals surface area contributed by atoms with Crippen LogP contribution >= 0.6 is 0 Å². The highest BCUT2D eigenvalue weighted by Crippen LogP contribution is 2.37. The number of hydrogen-bond acceptors (Lipinski definition) is 3. The van der Waals surface area contributed by atoms with Gasteiger partial charge in [-0.3, -0.25) is 9.59 Å². The first-order valence-electron chi connectivity index (χ1n) is 7.61. The maximum Gasteiger partial charge on any atom is 0.306 e. The molecule has 1 aliphatic heterocycles. The van der Waals surface area contributed by atoms with Gasteiger partial charge in [0.25, 0.3) is 0 Å². The molecule has 0 radical (unpaired) electrons. The minimum absolute atomic E-state index is 0.0455. The Kier molecular flexibility index (Phi) is 5.23. The molecule has 0 aromatic heterocycles. The highest BCUT2D eigenvalue weighted by Gasteiger charge is 2.30. The van der Waals surface area contributed by atoms with Crippen molar-refractivity contribution in [1.29, 1.82) is 0 Å². The van der Waals surface area contributed by atoms with Gasteiger partial charge in [-0.05, 0) is 56.8 Å². The number of amides is 1. The van der Waals surface area contributed by atoms with Gasteiger partial charge in [0.1, 0.15) is 0 Å². The monoisotopic (exact) mass is 267 g/mol. The van der Waals surface area contributed by atoms with E-state index in [2.05, 4.69) is 5.32 Å². The van der Waals surface area contributed by atoms with Crippen molar-refractivity contribution < 1.29 is 14.3 Å². The summed E-state index contributed by atoms with van der Waals surface area (Å²) in [6, 6.07) is 0. The van der Waals surface area contributed by atoms with Crippen molar-refractivity contribution in [3.05, 3.63) is 0 Å². The van der Waals surface area contributed by atoms with Crippen LogP contribution in [0.25, 0.3) is 0 Å². The highest BCUT2D eigenvalue weighted by molar-refractivity contribution is 5.76. The van der Waals surface area contributed by atoms with Crippen LogP contribution in [0.1, 0.15) is 51.9 Å². The summed E-state index contributed by atoms with van der Waals surface area (Å²) in [7, 11) is 0. The molecule has 19 heavy (non-hydrogen) atoms. The molecule has 1 unspecified atom stereocenters. The first-order valence-corrected chi connectivity index (χ1v) is 7.61. The molecule has 0 aromatic rings. The lowest BCUT2D eigenvalue weighted by molar-refractivity contribution is -0.144. The zero-order valence-electron chi connectivity index (χ0n) is 11.8. The molecule has 0 spiro atoms. The summed E-state index contributed by atoms with van der Waals surface area (Å²) in [5, 5.41) is 2.98. The van der Waals surface area contributed by atoms with Gasteiger partial charge >= 0.3 is 5.97 Å². The Labute approximate surface area is 115 Å². The molecule has 1 saturated carbocycles. The molecule has 2 rings (SSSR count). The van der Waals surface area contributed by atoms with E-state index >= 15 is 0 Å². The van der Waals surface area contributed by atoms with Gasteiger partial charge in [-0.1, -0.05) is 0 Å². The summed E-state index contributed by atoms with van der Waals surface area (Å²) in [5.41, 5.74) is 0. The fraction of sp³-hybridized carbons (Fsp3) is 0.867. The number of esters is 1. The maximum absolute atomic E-state index is 11.5. The lowest BCUT2D eigenvalue weighted by atomic mass is 9.73. The SMILES string of the molecule is CCOC(=O)CC1CCC(C2CCC(=O)NC2)CC1. The third-order valence-corrected chi connectivity index (χ3v) is 4.62. The zero-order valence-corrected chi connectivity index (χ0v) is 11.8. The van der Waals surface area contributed by atoms with Gasteiger partial charge in [0.2, 0.25) is 5.91 Å². The Morgan fingerprint density at radius 1 is 1.21 bits per heavy atom. The molecule has 1 atom stereocenters. The van der Waals surface area contributed by atoms with E-state index in [4.69, 9.17) is 4.74 Å². The normalized spacial score (nSPS) is 31.6. The Morgan fingerprint density at radius 2 is 1.95 bits per heavy atom. The topological polar surface area (TPSA) is 55.4 Å². The van der Waals surface area contributed by atoms with Crippen LogP contribution in [0.5, 0.6) is 0 Å². The quantitative estimate of drug-likeness (QED) is 0.795. The molecule has 108 valence electrons. The van der Waals surface area contributed by atoms with Crippen molar-refractivity contribution in [2.24, 2.45) is 17.8 Å². The van der Waals surface area contributed by atoms with Gasteiger partial charge in [0.05, 0.1) is 6.61 Å². The smallest absolute Gasteiger partial charge is 0.306 e. The van der Waals surface area contributed by atoms with Crippen molar-refractivity contribution in [2.75, 3.05) is 13.2 Å². The minimum Gasteiger partial charge on any atom is -0.466 e. The fourth-order valence-corrected chi connectivity index (χ4v) is 3.47. The molecular weight excluding hydrogens is 242 g/mol. The molecule has 2 fully saturated rings. The third kappa shape index (κ3) is 4.22. The lowest BCUT2D eigenvalue weighted by Gasteiger charge is -2.35. The van der Waals surface area contributed by atoms with E-state index in [0.717, 1.165) is 31.7 Å². The average molecular weight is 267 g/mol. The number of hydrogen-bond donors (Lipinski definition) is 1. The minimum atomic E-state index is -0.0455. The molecule has 1 amide bonds. The Morgan fingerprint density at radius 3 is 2.53 bits per heavy atom. The summed E-state index contributed by atoms with van der Waals surface area (Å²) in [5.74, 6) is 2.05. The van der Waals surface area contributed by atoms with Crippen LogP contribution in [-0.2, 0) is 14.3 Å². The van der Waals surface area contributed by atoms with Crippen molar-refractivity contribution >= 4 is 11.9 Å². The van der Waals surface area contributed by atoms with E-state index in [-0.39, 0.29) is 11.9 Å². The number of carbonyl (C=O) groups excluding carboxylic acids is 2. The molecule has 0 bridgehead atoms. The molecular formula is C15H25NO3. The largest absolute Gasteiger partial charge is 0.466 e. The van der Waals surface area contributed by atoms with Crippen molar-refractivity contribution in [2.45, 2.75) is 51.9 Å². The summed E-state index contributed by atoms with van der Waals surface area (Å²) in [4.78, 5) is 22.6. The molecule has 4 heteroatoms. The molecule has 1 aliphatic carbocycles. The molecule has 2 aliphatic rings. The first-order chi connectivity index (χ1) is 9.19. The van der Waals surface area contributed by atoms with Crippen molar-refractivity contribution in [1.82, 2.24) is 5.32 Å². The van der Waals surface area contributed by atoms with Crippen LogP contribution in [0.2, 0.25) is 0 Å². The molecule has 1 heterocycles. The Hall–Kier alpha value is -1.06. The number of rotatable bonds is 4. The predicted molar refractivity (Wildman–Crippen MR) is 72.4 cm³/mol. The van der Waals surface area contributed by atoms with Gasteiger partial charge in [-0.25, -0.2) is 0 Å². The van der Waals surface area contributed by atoms with E-state index in [1.807, 2.05) is 6.92 Å². The van der Waals surface area contributed by atoms with E-state index < -0.39 is 0 Å². The highest BCUT2D eigenvalue weighted by atomic mass is 16.5. The van der Waals surface area contributed by atoms with Crippen LogP contribution in [0.3, 0.4) is 0 Å². The Bertz CT molecular complexity index is 311. The predicted octanol–water partition coefficient (Wildman–Crippen LogP) is 2.27. The number of piperidine rings is 1. The fourth-order valence-electron chi connectivity index (χ4n) is 3.47. The van der Waals surface area contributed by atoms with Crippen LogP contribution < -0.4 is 5.32 Å². The second-order valence-corrected chi connectivity index (χ2v) is 5.89. The van der Waals surface area contributed by atoms with Crippen LogP contribution in [-0.4, -0.2) is 25.0 Å². The Balaban J connectivity index is 1.70. The molecule has 4 nitrogen and oxygen atoms in total. The van der Waals surface area contributed by atoms with E-state index in [1.165, 1.54) is 12.8 Å². The summed E-state index contributed by atoms with van der Waals surface area (Å²) >= 11 is 0. The standard InChI is InChI=1S/C15H25NO3/c1-2-19-15(18)9-11-3-5-12(6-4-11)13-7-8-14(17)16-10-13/h11-13H,2-10H2,1H3,(H,16,17). The second kappa shape index (κ2) is 6.92. The summed E-state index contributed by atoms with van der Waals surface area (Å²) in [6.07, 6.45) is 6.98. The number of nitrogens with one attached hydrogen (secondary N) is 1. The van der Waals surface area contributed by atoms with Gasteiger partial charge in [0.15, 0.2) is 0 Å². The first kappa shape index (κ1) is 14.4. The summed E-state index contributed by atoms with van der Waals surface area (Å²) < 4.78 is 5.01. The number of carbonyl (C=O) groups is 2. The van der Waals surface area contributed by atoms with Crippen molar-refractivity contribution in [3.63, 3.8) is 0 Å². The van der Waals surface area contributed by atoms with Crippen LogP contribution in [0, 0.1) is 17.8 Å². The van der Waals surface area contributed by atoms with Gasteiger partial charge in [-0.15, -0.1) is 0 Å². The molecule has 1 N–H and O–H groups in total. The van der Waals surface area contributed by atoms with Crippen LogP contribution in [0.15, 0.2) is 0 Å². The second-order valence-electron chi connectivity index (χ2n) is 5.89. The maximum atomic E-state index is 11.5. The van der Waals surface area contributed by atoms with E-state index in [1.54, 1.807) is 0 Å². The average Bonchev–Trinajstić information content (AvgIpc) is 2.41. The third-order valence-electron chi connectivity index (χ3n) is 4.62. The van der Waals surface area contributed by atoms with E-state index in [9.17, 15) is 9.59 Å².